The van der Waals surface area contributed by atoms with Gasteiger partial charge < -0.3 is 5.32 Å². The molecule has 0 saturated heterocycles. The van der Waals surface area contributed by atoms with Gasteiger partial charge in [-0.1, -0.05) is 50.6 Å². The number of hydrogen-bond acceptors (Lipinski definition) is 2. The van der Waals surface area contributed by atoms with Gasteiger partial charge in [0.1, 0.15) is 0 Å². The quantitative estimate of drug-likeness (QED) is 0.767. The molecule has 0 aliphatic heterocycles. The summed E-state index contributed by atoms with van der Waals surface area (Å²) in [6.07, 6.45) is 2.42. The Morgan fingerprint density at radius 3 is 2.05 bits per heavy atom. The van der Waals surface area contributed by atoms with Gasteiger partial charge in [0.25, 0.3) is 0 Å². The molecule has 114 valence electrons. The highest BCUT2D eigenvalue weighted by Gasteiger charge is 2.25. The van der Waals surface area contributed by atoms with Crippen molar-refractivity contribution in [3.8, 4) is 0 Å². The first-order chi connectivity index (χ1) is 9.54. The number of likely N-dealkylation sites (N-methyl/N-ethyl adjacent to an activating group) is 2. The lowest BCUT2D eigenvalue weighted by molar-refractivity contribution is 0.142. The van der Waals surface area contributed by atoms with Crippen LogP contribution in [0.3, 0.4) is 0 Å². The fourth-order valence-electron chi connectivity index (χ4n) is 2.99. The smallest absolute Gasteiger partial charge is 0.0475 e. The predicted octanol–water partition coefficient (Wildman–Crippen LogP) is 4.15. The summed E-state index contributed by atoms with van der Waals surface area (Å²) in [7, 11) is 2.26. The molecule has 0 fully saturated rings. The fraction of sp³-hybridized carbons (Fsp3) is 0.667. The number of nitrogens with zero attached hydrogens (tertiary/aromatic N) is 1. The van der Waals surface area contributed by atoms with Crippen LogP contribution >= 0.6 is 0 Å². The van der Waals surface area contributed by atoms with Gasteiger partial charge in [-0.3, -0.25) is 4.90 Å². The van der Waals surface area contributed by atoms with E-state index in [1.165, 1.54) is 24.0 Å². The lowest BCUT2D eigenvalue weighted by Gasteiger charge is -2.37. The zero-order valence-corrected chi connectivity index (χ0v) is 14.1. The molecule has 0 bridgehead atoms. The van der Waals surface area contributed by atoms with E-state index in [1.807, 2.05) is 0 Å². The first-order valence-electron chi connectivity index (χ1n) is 8.06. The molecule has 0 aliphatic rings. The molecular formula is C18H32N2. The Balaban J connectivity index is 2.91. The van der Waals surface area contributed by atoms with Crippen molar-refractivity contribution in [3.63, 3.8) is 0 Å². The van der Waals surface area contributed by atoms with Crippen molar-refractivity contribution >= 4 is 0 Å². The summed E-state index contributed by atoms with van der Waals surface area (Å²) in [4.78, 5) is 2.53. The molecule has 0 aromatic heterocycles. The average Bonchev–Trinajstić information content (AvgIpc) is 2.46. The van der Waals surface area contributed by atoms with Crippen LogP contribution in [0.2, 0.25) is 0 Å². The Morgan fingerprint density at radius 1 is 1.05 bits per heavy atom. The highest BCUT2D eigenvalue weighted by molar-refractivity contribution is 5.25. The van der Waals surface area contributed by atoms with Gasteiger partial charge in [-0.25, -0.2) is 0 Å². The third kappa shape index (κ3) is 4.32. The SMILES string of the molecule is CCNC(c1ccc(C)cc1)C(C)N(C)C(CC)CC. The van der Waals surface area contributed by atoms with E-state index in [2.05, 4.69) is 76.1 Å². The summed E-state index contributed by atoms with van der Waals surface area (Å²) in [5, 5.41) is 3.66. The molecule has 0 spiro atoms. The minimum absolute atomic E-state index is 0.395. The minimum atomic E-state index is 0.395. The molecule has 0 saturated carbocycles. The number of aryl methyl sites for hydroxylation is 1. The average molecular weight is 276 g/mol. The first-order valence-corrected chi connectivity index (χ1v) is 8.06. The van der Waals surface area contributed by atoms with E-state index in [4.69, 9.17) is 0 Å². The van der Waals surface area contributed by atoms with Crippen LogP contribution in [0, 0.1) is 6.92 Å². The number of benzene rings is 1. The van der Waals surface area contributed by atoms with Gasteiger partial charge in [0, 0.05) is 18.1 Å². The van der Waals surface area contributed by atoms with Crippen LogP contribution < -0.4 is 5.32 Å². The third-order valence-electron chi connectivity index (χ3n) is 4.50. The van der Waals surface area contributed by atoms with Crippen LogP contribution in [-0.2, 0) is 0 Å². The lowest BCUT2D eigenvalue weighted by Crippen LogP contribution is -2.45. The Hall–Kier alpha value is -0.860. The first kappa shape index (κ1) is 17.2. The maximum atomic E-state index is 3.66. The summed E-state index contributed by atoms with van der Waals surface area (Å²) < 4.78 is 0. The van der Waals surface area contributed by atoms with Gasteiger partial charge >= 0.3 is 0 Å². The van der Waals surface area contributed by atoms with Crippen LogP contribution in [-0.4, -0.2) is 30.6 Å². The van der Waals surface area contributed by atoms with Gasteiger partial charge in [0.2, 0.25) is 0 Å². The second-order valence-electron chi connectivity index (χ2n) is 5.82. The number of rotatable bonds is 8. The molecule has 1 aromatic rings. The zero-order chi connectivity index (χ0) is 15.1. The highest BCUT2D eigenvalue weighted by atomic mass is 15.2. The molecule has 1 N–H and O–H groups in total. The van der Waals surface area contributed by atoms with E-state index in [0.29, 0.717) is 18.1 Å². The van der Waals surface area contributed by atoms with Crippen molar-refractivity contribution in [2.45, 2.75) is 65.6 Å². The van der Waals surface area contributed by atoms with Gasteiger partial charge in [0.05, 0.1) is 0 Å². The van der Waals surface area contributed by atoms with E-state index in [1.54, 1.807) is 0 Å². The molecule has 0 heterocycles. The number of hydrogen-bond donors (Lipinski definition) is 1. The monoisotopic (exact) mass is 276 g/mol. The van der Waals surface area contributed by atoms with Crippen LogP contribution in [0.15, 0.2) is 24.3 Å². The molecule has 1 aromatic carbocycles. The Morgan fingerprint density at radius 2 is 1.60 bits per heavy atom. The molecule has 2 nitrogen and oxygen atoms in total. The van der Waals surface area contributed by atoms with Gasteiger partial charge in [0.15, 0.2) is 0 Å². The Labute approximate surface area is 125 Å². The molecule has 20 heavy (non-hydrogen) atoms. The number of nitrogens with one attached hydrogen (secondary N) is 1. The molecule has 1 rings (SSSR count). The van der Waals surface area contributed by atoms with Gasteiger partial charge in [-0.15, -0.1) is 0 Å². The normalized spacial score (nSPS) is 14.8. The van der Waals surface area contributed by atoms with Crippen LogP contribution in [0.5, 0.6) is 0 Å². The van der Waals surface area contributed by atoms with E-state index in [0.717, 1.165) is 6.54 Å². The molecule has 2 unspecified atom stereocenters. The second-order valence-corrected chi connectivity index (χ2v) is 5.82. The topological polar surface area (TPSA) is 15.3 Å². The summed E-state index contributed by atoms with van der Waals surface area (Å²) >= 11 is 0. The highest BCUT2D eigenvalue weighted by Crippen LogP contribution is 2.23. The summed E-state index contributed by atoms with van der Waals surface area (Å²) in [6.45, 7) is 12.2. The summed E-state index contributed by atoms with van der Waals surface area (Å²) in [6, 6.07) is 10.5. The van der Waals surface area contributed by atoms with Crippen molar-refractivity contribution in [3.05, 3.63) is 35.4 Å². The van der Waals surface area contributed by atoms with Gasteiger partial charge in [-0.2, -0.15) is 0 Å². The molecule has 0 aliphatic carbocycles. The fourth-order valence-corrected chi connectivity index (χ4v) is 2.99. The molecular weight excluding hydrogens is 244 g/mol. The zero-order valence-electron chi connectivity index (χ0n) is 14.1. The molecule has 0 radical (unpaired) electrons. The van der Waals surface area contributed by atoms with Crippen molar-refractivity contribution in [1.82, 2.24) is 10.2 Å². The minimum Gasteiger partial charge on any atom is -0.309 e. The van der Waals surface area contributed by atoms with Crippen LogP contribution in [0.1, 0.15) is 57.7 Å². The lowest BCUT2D eigenvalue weighted by atomic mass is 9.96. The van der Waals surface area contributed by atoms with Crippen molar-refractivity contribution in [1.29, 1.82) is 0 Å². The van der Waals surface area contributed by atoms with E-state index < -0.39 is 0 Å². The van der Waals surface area contributed by atoms with Crippen LogP contribution in [0.4, 0.5) is 0 Å². The maximum Gasteiger partial charge on any atom is 0.0475 e. The summed E-state index contributed by atoms with van der Waals surface area (Å²) in [5.74, 6) is 0. The molecule has 2 heteroatoms. The largest absolute Gasteiger partial charge is 0.309 e. The van der Waals surface area contributed by atoms with Crippen molar-refractivity contribution in [2.24, 2.45) is 0 Å². The Bertz CT molecular complexity index is 368. The second kappa shape index (κ2) is 8.43. The predicted molar refractivity (Wildman–Crippen MR) is 89.2 cm³/mol. The van der Waals surface area contributed by atoms with Crippen molar-refractivity contribution < 1.29 is 0 Å². The standard InChI is InChI=1S/C18H32N2/c1-7-17(8-2)20(6)15(5)18(19-9-3)16-12-10-14(4)11-13-16/h10-13,15,17-19H,7-9H2,1-6H3. The Kier molecular flexibility index (Phi) is 7.25. The van der Waals surface area contributed by atoms with E-state index >= 15 is 0 Å². The van der Waals surface area contributed by atoms with Crippen molar-refractivity contribution in [2.75, 3.05) is 13.6 Å². The summed E-state index contributed by atoms with van der Waals surface area (Å²) in [5.41, 5.74) is 2.72. The molecule has 2 atom stereocenters. The van der Waals surface area contributed by atoms with E-state index in [9.17, 15) is 0 Å². The van der Waals surface area contributed by atoms with Gasteiger partial charge in [-0.05, 0) is 45.8 Å². The van der Waals surface area contributed by atoms with Crippen LogP contribution in [0.25, 0.3) is 0 Å². The maximum absolute atomic E-state index is 3.66. The third-order valence-corrected chi connectivity index (χ3v) is 4.50. The van der Waals surface area contributed by atoms with E-state index in [-0.39, 0.29) is 0 Å². The molecule has 0 amide bonds.